The zero-order valence-electron chi connectivity index (χ0n) is 5.46. The minimum absolute atomic E-state index is 1.11. The van der Waals surface area contributed by atoms with E-state index in [1.54, 1.807) is 26.8 Å². The smallest absolute Gasteiger partial charge is 0.122 e. The van der Waals surface area contributed by atoms with Crippen molar-refractivity contribution in [3.8, 4) is 0 Å². The third-order valence-corrected chi connectivity index (χ3v) is 6.85. The van der Waals surface area contributed by atoms with Crippen molar-refractivity contribution in [3.05, 3.63) is 12.3 Å². The number of hydrogen-bond donors (Lipinski definition) is 0. The second-order valence-electron chi connectivity index (χ2n) is 1.67. The van der Waals surface area contributed by atoms with Gasteiger partial charge in [0, 0.05) is 74.7 Å². The van der Waals surface area contributed by atoms with Gasteiger partial charge < -0.3 is 0 Å². The quantitative estimate of drug-likeness (QED) is 0.465. The van der Waals surface area contributed by atoms with Crippen LogP contribution in [0.3, 0.4) is 0 Å². The number of nitrogens with zero attached hydrogens (tertiary/aromatic N) is 1. The topological polar surface area (TPSA) is 12.9 Å². The first-order chi connectivity index (χ1) is 5.83. The summed E-state index contributed by atoms with van der Waals surface area (Å²) in [7, 11) is 5.13. The Hall–Kier alpha value is 2.39. The van der Waals surface area contributed by atoms with Gasteiger partial charge in [-0.25, -0.2) is 4.98 Å². The molecule has 0 radical (unpaired) electrons. The molecule has 0 atom stereocenters. The van der Waals surface area contributed by atoms with Gasteiger partial charge in [0.15, 0.2) is 0 Å². The average molecular weight is 553 g/mol. The Morgan fingerprint density at radius 3 is 2.33 bits per heavy atom. The van der Waals surface area contributed by atoms with Crippen molar-refractivity contribution in [2.75, 3.05) is 0 Å². The molecule has 1 nitrogen and oxygen atoms in total. The third-order valence-electron chi connectivity index (χ3n) is 1.07. The van der Waals surface area contributed by atoms with E-state index >= 15 is 0 Å². The Kier molecular flexibility index (Phi) is 7.06. The molecule has 0 amide bonds. The van der Waals surface area contributed by atoms with E-state index in [0.29, 0.717) is 0 Å². The van der Waals surface area contributed by atoms with Gasteiger partial charge in [-0.1, -0.05) is 8.93 Å². The lowest BCUT2D eigenvalue weighted by molar-refractivity contribution is 0.982. The highest BCUT2D eigenvalue weighted by Crippen LogP contribution is 2.43. The fraction of sp³-hybridized carbons (Fsp3) is 0. The molecule has 66 valence electrons. The van der Waals surface area contributed by atoms with Gasteiger partial charge in [-0.2, -0.15) is 0 Å². The van der Waals surface area contributed by atoms with Crippen LogP contribution >= 0.6 is 90.4 Å². The summed E-state index contributed by atoms with van der Waals surface area (Å²) >= 11 is 6.85. The van der Waals surface area contributed by atoms with Crippen molar-refractivity contribution in [1.29, 1.82) is 0 Å². The van der Waals surface area contributed by atoms with Crippen LogP contribution in [0, 0.1) is 0 Å². The molecule has 0 N–H and O–H groups in total. The van der Waals surface area contributed by atoms with Crippen LogP contribution in [0.15, 0.2) is 27.1 Å². The van der Waals surface area contributed by atoms with Crippen LogP contribution in [0.4, 0.5) is 0 Å². The Morgan fingerprint density at radius 2 is 1.83 bits per heavy atom. The monoisotopic (exact) mass is 553 g/mol. The van der Waals surface area contributed by atoms with Crippen LogP contribution in [-0.2, 0) is 0 Å². The molecule has 1 heterocycles. The van der Waals surface area contributed by atoms with E-state index < -0.39 is 0 Å². The molecule has 1 aromatic heterocycles. The molecule has 1 aromatic rings. The van der Waals surface area contributed by atoms with Crippen LogP contribution in [0.2, 0.25) is 0 Å². The molecule has 12 heavy (non-hydrogen) atoms. The summed E-state index contributed by atoms with van der Waals surface area (Å²) in [6.45, 7) is 0. The second-order valence-corrected chi connectivity index (χ2v) is 7.34. The number of aromatic nitrogens is 1. The van der Waals surface area contributed by atoms with E-state index in [4.69, 9.17) is 0 Å². The molecule has 0 bridgehead atoms. The van der Waals surface area contributed by atoms with Gasteiger partial charge in [-0.05, 0) is 23.9 Å². The standard InChI is InChI=1S/C5H2I3NS3/c6-10-3-1-2-9-5(12-8)4(3)11-7/h1-2H. The summed E-state index contributed by atoms with van der Waals surface area (Å²) in [5, 5.41) is 1.11. The highest BCUT2D eigenvalue weighted by Gasteiger charge is 2.08. The molecule has 0 fully saturated rings. The number of pyridine rings is 1. The van der Waals surface area contributed by atoms with Crippen LogP contribution in [-0.4, -0.2) is 4.98 Å². The van der Waals surface area contributed by atoms with Crippen LogP contribution in [0.25, 0.3) is 0 Å². The van der Waals surface area contributed by atoms with Gasteiger partial charge >= 0.3 is 0 Å². The van der Waals surface area contributed by atoms with E-state index in [2.05, 4.69) is 74.7 Å². The van der Waals surface area contributed by atoms with E-state index in [1.807, 2.05) is 6.20 Å². The maximum atomic E-state index is 4.29. The van der Waals surface area contributed by atoms with Crippen LogP contribution in [0.1, 0.15) is 0 Å². The first kappa shape index (κ1) is 12.5. The summed E-state index contributed by atoms with van der Waals surface area (Å²) < 4.78 is 0. The largest absolute Gasteiger partial charge is 0.248 e. The lowest BCUT2D eigenvalue weighted by atomic mass is 10.5. The highest BCUT2D eigenvalue weighted by atomic mass is 127. The first-order valence-electron chi connectivity index (χ1n) is 2.68. The van der Waals surface area contributed by atoms with Gasteiger partial charge in [0.1, 0.15) is 5.03 Å². The molecule has 0 spiro atoms. The van der Waals surface area contributed by atoms with Gasteiger partial charge in [0.05, 0.1) is 4.90 Å². The summed E-state index contributed by atoms with van der Waals surface area (Å²) in [6.07, 6.45) is 1.86. The van der Waals surface area contributed by atoms with Crippen molar-refractivity contribution >= 4 is 90.4 Å². The molecular formula is C5H2I3NS3. The van der Waals surface area contributed by atoms with Crippen molar-refractivity contribution in [1.82, 2.24) is 4.98 Å². The first-order valence-corrected chi connectivity index (χ1v) is 12.8. The molecule has 1 rings (SSSR count). The molecule has 0 aromatic carbocycles. The Balaban J connectivity index is 3.13. The molecule has 0 aliphatic carbocycles. The fourth-order valence-electron chi connectivity index (χ4n) is 0.599. The fourth-order valence-corrected chi connectivity index (χ4v) is 7.22. The Bertz CT molecular complexity index is 248. The van der Waals surface area contributed by atoms with E-state index in [9.17, 15) is 0 Å². The maximum absolute atomic E-state index is 4.29. The SMILES string of the molecule is ISc1ccnc(SI)c1SI. The predicted octanol–water partition coefficient (Wildman–Crippen LogP) is 5.41. The number of hydrogen-bond acceptors (Lipinski definition) is 4. The van der Waals surface area contributed by atoms with Gasteiger partial charge in [-0.15, -0.1) is 0 Å². The molecular weight excluding hydrogens is 551 g/mol. The molecule has 0 saturated carbocycles. The average Bonchev–Trinajstić information content (AvgIpc) is 2.16. The van der Waals surface area contributed by atoms with Crippen molar-refractivity contribution in [3.63, 3.8) is 0 Å². The highest BCUT2D eigenvalue weighted by molar-refractivity contribution is 14.2. The summed E-state index contributed by atoms with van der Waals surface area (Å²) in [5.41, 5.74) is 0. The zero-order valence-corrected chi connectivity index (χ0v) is 14.4. The van der Waals surface area contributed by atoms with Crippen molar-refractivity contribution in [2.24, 2.45) is 0 Å². The van der Waals surface area contributed by atoms with Crippen molar-refractivity contribution < 1.29 is 0 Å². The Labute approximate surface area is 120 Å². The van der Waals surface area contributed by atoms with Crippen LogP contribution in [0.5, 0.6) is 0 Å². The minimum Gasteiger partial charge on any atom is -0.248 e. The Morgan fingerprint density at radius 1 is 1.08 bits per heavy atom. The summed E-state index contributed by atoms with van der Waals surface area (Å²) in [6, 6.07) is 2.05. The predicted molar refractivity (Wildman–Crippen MR) is 83.9 cm³/mol. The summed E-state index contributed by atoms with van der Waals surface area (Å²) in [4.78, 5) is 6.86. The number of rotatable bonds is 3. The third kappa shape index (κ3) is 3.21. The van der Waals surface area contributed by atoms with Crippen molar-refractivity contribution in [2.45, 2.75) is 14.8 Å². The van der Waals surface area contributed by atoms with E-state index in [0.717, 1.165) is 5.03 Å². The summed E-state index contributed by atoms with van der Waals surface area (Å²) in [5.74, 6) is 0. The van der Waals surface area contributed by atoms with E-state index in [1.165, 1.54) is 9.79 Å². The van der Waals surface area contributed by atoms with Gasteiger partial charge in [0.25, 0.3) is 0 Å². The molecule has 0 saturated heterocycles. The molecule has 7 heteroatoms. The minimum atomic E-state index is 1.11. The second kappa shape index (κ2) is 6.80. The van der Waals surface area contributed by atoms with Crippen LogP contribution < -0.4 is 0 Å². The number of halogens is 3. The van der Waals surface area contributed by atoms with Gasteiger partial charge in [-0.3, -0.25) is 0 Å². The molecule has 0 unspecified atom stereocenters. The zero-order chi connectivity index (χ0) is 8.97. The van der Waals surface area contributed by atoms with Gasteiger partial charge in [0.2, 0.25) is 0 Å². The molecule has 0 aliphatic heterocycles. The lowest BCUT2D eigenvalue weighted by Gasteiger charge is -2.04. The maximum Gasteiger partial charge on any atom is 0.122 e. The molecule has 0 aliphatic rings. The normalized spacial score (nSPS) is 10.2. The lowest BCUT2D eigenvalue weighted by Crippen LogP contribution is -1.82. The van der Waals surface area contributed by atoms with E-state index in [-0.39, 0.29) is 0 Å².